The van der Waals surface area contributed by atoms with Crippen LogP contribution in [0.1, 0.15) is 55.7 Å². The van der Waals surface area contributed by atoms with E-state index < -0.39 is 23.0 Å². The minimum atomic E-state index is -0.737. The first-order chi connectivity index (χ1) is 18.4. The Morgan fingerprint density at radius 3 is 2.63 bits per heavy atom. The number of carbonyl (C=O) groups is 2. The van der Waals surface area contributed by atoms with E-state index in [1.807, 2.05) is 43.3 Å². The minimum Gasteiger partial charge on any atom is -0.493 e. The van der Waals surface area contributed by atoms with Crippen LogP contribution in [0.5, 0.6) is 5.75 Å². The molecular weight excluding hydrogens is 476 g/mol. The fraction of sp³-hybridized carbons (Fsp3) is 0.406. The summed E-state index contributed by atoms with van der Waals surface area (Å²) in [5.41, 5.74) is 2.08. The van der Waals surface area contributed by atoms with Crippen molar-refractivity contribution in [3.05, 3.63) is 71.3 Å². The largest absolute Gasteiger partial charge is 0.493 e. The molecule has 192 valence electrons. The Morgan fingerprint density at radius 1 is 1.00 bits per heavy atom. The van der Waals surface area contributed by atoms with E-state index in [0.29, 0.717) is 30.7 Å². The van der Waals surface area contributed by atoms with Crippen molar-refractivity contribution in [1.82, 2.24) is 0 Å². The van der Waals surface area contributed by atoms with Gasteiger partial charge in [-0.3, -0.25) is 9.59 Å². The molecule has 6 heteroatoms. The molecule has 3 fully saturated rings. The molecule has 4 aliphatic rings. The quantitative estimate of drug-likeness (QED) is 0.428. The number of amides is 2. The van der Waals surface area contributed by atoms with Gasteiger partial charge in [0.15, 0.2) is 0 Å². The van der Waals surface area contributed by atoms with Crippen molar-refractivity contribution in [2.24, 2.45) is 11.8 Å². The predicted octanol–water partition coefficient (Wildman–Crippen LogP) is 5.49. The van der Waals surface area contributed by atoms with Crippen LogP contribution in [0.4, 0.5) is 5.69 Å². The average molecular weight is 507 g/mol. The van der Waals surface area contributed by atoms with Crippen molar-refractivity contribution in [3.63, 3.8) is 0 Å². The molecule has 0 aromatic heterocycles. The minimum absolute atomic E-state index is 0.258. The zero-order chi connectivity index (χ0) is 26.1. The van der Waals surface area contributed by atoms with Crippen LogP contribution < -0.4 is 9.64 Å². The molecule has 6 nitrogen and oxygen atoms in total. The fourth-order valence-corrected chi connectivity index (χ4v) is 7.55. The summed E-state index contributed by atoms with van der Waals surface area (Å²) in [5, 5.41) is 11.7. The van der Waals surface area contributed by atoms with Crippen LogP contribution in [0.15, 0.2) is 54.6 Å². The van der Waals surface area contributed by atoms with Gasteiger partial charge in [0.1, 0.15) is 11.8 Å². The second-order valence-electron chi connectivity index (χ2n) is 11.5. The number of anilines is 1. The second kappa shape index (κ2) is 8.41. The lowest BCUT2D eigenvalue weighted by Gasteiger charge is -2.31. The SMILES string of the molecule is CC12CCC(CCOc3ccc4c(c3)CCCC4)(O1)C1C(=O)N(c3ccc4ccccc4c3C#N)C(=O)C12. The van der Waals surface area contributed by atoms with Crippen LogP contribution in [-0.2, 0) is 27.2 Å². The van der Waals surface area contributed by atoms with Gasteiger partial charge in [0.05, 0.1) is 40.9 Å². The van der Waals surface area contributed by atoms with E-state index in [1.54, 1.807) is 6.07 Å². The molecule has 3 aromatic carbocycles. The van der Waals surface area contributed by atoms with E-state index in [-0.39, 0.29) is 11.8 Å². The molecule has 2 amide bonds. The number of imide groups is 1. The molecule has 0 saturated carbocycles. The number of fused-ring (bicyclic) bond motifs is 7. The van der Waals surface area contributed by atoms with E-state index in [9.17, 15) is 14.9 Å². The summed E-state index contributed by atoms with van der Waals surface area (Å²) in [7, 11) is 0. The lowest BCUT2D eigenvalue weighted by molar-refractivity contribution is -0.131. The van der Waals surface area contributed by atoms with Crippen molar-refractivity contribution in [2.45, 2.75) is 63.1 Å². The monoisotopic (exact) mass is 506 g/mol. The highest BCUT2D eigenvalue weighted by Crippen LogP contribution is 2.62. The van der Waals surface area contributed by atoms with E-state index >= 15 is 0 Å². The third-order valence-electron chi connectivity index (χ3n) is 9.39. The second-order valence-corrected chi connectivity index (χ2v) is 11.5. The number of ether oxygens (including phenoxy) is 2. The molecule has 7 rings (SSSR count). The highest BCUT2D eigenvalue weighted by molar-refractivity contribution is 6.24. The van der Waals surface area contributed by atoms with Crippen LogP contribution in [-0.4, -0.2) is 29.6 Å². The standard InChI is InChI=1S/C32H30N2O4/c1-31-14-15-32(38-31,16-17-37-23-12-10-20-6-2-3-8-22(20)18-23)28-27(31)29(35)34(30(28)36)26-13-11-21-7-4-5-9-24(21)25(26)19-33/h4-5,7,9-13,18,27-28H,2-3,6,8,14-17H2,1H3. The summed E-state index contributed by atoms with van der Waals surface area (Å²) in [6.07, 6.45) is 6.66. The van der Waals surface area contributed by atoms with Gasteiger partial charge in [-0.2, -0.15) is 5.26 Å². The van der Waals surface area contributed by atoms with Crippen molar-refractivity contribution < 1.29 is 19.1 Å². The Balaban J connectivity index is 1.17. The van der Waals surface area contributed by atoms with Crippen molar-refractivity contribution >= 4 is 28.3 Å². The first kappa shape index (κ1) is 23.4. The molecule has 3 saturated heterocycles. The Kier molecular flexibility index (Phi) is 5.18. The zero-order valence-electron chi connectivity index (χ0n) is 21.5. The maximum Gasteiger partial charge on any atom is 0.240 e. The number of carbonyl (C=O) groups excluding carboxylic acids is 2. The van der Waals surface area contributed by atoms with Crippen LogP contribution in [0.3, 0.4) is 0 Å². The Bertz CT molecular complexity index is 1540. The molecule has 0 spiro atoms. The number of nitriles is 1. The van der Waals surface area contributed by atoms with Gasteiger partial charge in [-0.25, -0.2) is 4.90 Å². The van der Waals surface area contributed by atoms with Gasteiger partial charge in [-0.15, -0.1) is 0 Å². The summed E-state index contributed by atoms with van der Waals surface area (Å²) in [4.78, 5) is 29.1. The molecule has 4 atom stereocenters. The predicted molar refractivity (Wildman–Crippen MR) is 143 cm³/mol. The Morgan fingerprint density at radius 2 is 1.79 bits per heavy atom. The number of rotatable bonds is 5. The Hall–Kier alpha value is -3.69. The van der Waals surface area contributed by atoms with Crippen molar-refractivity contribution in [3.8, 4) is 11.8 Å². The molecule has 38 heavy (non-hydrogen) atoms. The molecule has 0 radical (unpaired) electrons. The average Bonchev–Trinajstić information content (AvgIpc) is 3.52. The normalized spacial score (nSPS) is 29.4. The van der Waals surface area contributed by atoms with E-state index in [1.165, 1.54) is 28.9 Å². The van der Waals surface area contributed by atoms with Gasteiger partial charge in [-0.05, 0) is 80.2 Å². The molecule has 3 heterocycles. The number of hydrogen-bond acceptors (Lipinski definition) is 5. The highest BCUT2D eigenvalue weighted by Gasteiger charge is 2.74. The van der Waals surface area contributed by atoms with Crippen LogP contribution in [0, 0.1) is 23.2 Å². The lowest BCUT2D eigenvalue weighted by atomic mass is 9.67. The molecular formula is C32H30N2O4. The van der Waals surface area contributed by atoms with E-state index in [2.05, 4.69) is 18.2 Å². The zero-order valence-corrected chi connectivity index (χ0v) is 21.5. The van der Waals surface area contributed by atoms with Crippen LogP contribution in [0.2, 0.25) is 0 Å². The molecule has 1 aliphatic carbocycles. The third-order valence-corrected chi connectivity index (χ3v) is 9.39. The summed E-state index contributed by atoms with van der Waals surface area (Å²) in [6.45, 7) is 2.38. The van der Waals surface area contributed by atoms with E-state index in [4.69, 9.17) is 9.47 Å². The van der Waals surface area contributed by atoms with Gasteiger partial charge in [0, 0.05) is 11.8 Å². The van der Waals surface area contributed by atoms with Crippen molar-refractivity contribution in [1.29, 1.82) is 5.26 Å². The maximum atomic E-state index is 14.0. The first-order valence-corrected chi connectivity index (χ1v) is 13.7. The molecule has 0 N–H and O–H groups in total. The summed E-state index contributed by atoms with van der Waals surface area (Å²) in [5.74, 6) is -0.789. The van der Waals surface area contributed by atoms with Gasteiger partial charge in [0.25, 0.3) is 0 Å². The number of benzene rings is 3. The molecule has 3 aliphatic heterocycles. The van der Waals surface area contributed by atoms with E-state index in [0.717, 1.165) is 35.8 Å². The van der Waals surface area contributed by atoms with Crippen LogP contribution >= 0.6 is 0 Å². The highest BCUT2D eigenvalue weighted by atomic mass is 16.5. The van der Waals surface area contributed by atoms with Gasteiger partial charge in [-0.1, -0.05) is 36.4 Å². The number of nitrogens with zero attached hydrogens (tertiary/aromatic N) is 2. The number of hydrogen-bond donors (Lipinski definition) is 0. The summed E-state index contributed by atoms with van der Waals surface area (Å²) >= 11 is 0. The molecule has 2 bridgehead atoms. The van der Waals surface area contributed by atoms with Gasteiger partial charge >= 0.3 is 0 Å². The van der Waals surface area contributed by atoms with Crippen molar-refractivity contribution in [2.75, 3.05) is 11.5 Å². The fourth-order valence-electron chi connectivity index (χ4n) is 7.55. The topological polar surface area (TPSA) is 79.6 Å². The summed E-state index contributed by atoms with van der Waals surface area (Å²) in [6, 6.07) is 19.8. The first-order valence-electron chi connectivity index (χ1n) is 13.7. The third kappa shape index (κ3) is 3.28. The molecule has 4 unspecified atom stereocenters. The Labute approximate surface area is 222 Å². The van der Waals surface area contributed by atoms with Gasteiger partial charge in [0.2, 0.25) is 11.8 Å². The number of aryl methyl sites for hydroxylation is 2. The van der Waals surface area contributed by atoms with Crippen LogP contribution in [0.25, 0.3) is 10.8 Å². The summed E-state index contributed by atoms with van der Waals surface area (Å²) < 4.78 is 12.8. The smallest absolute Gasteiger partial charge is 0.240 e. The lowest BCUT2D eigenvalue weighted by Crippen LogP contribution is -2.43. The van der Waals surface area contributed by atoms with Gasteiger partial charge < -0.3 is 9.47 Å². The maximum absolute atomic E-state index is 14.0. The molecule has 3 aromatic rings.